The number of ether oxygens (including phenoxy) is 2. The van der Waals surface area contributed by atoms with E-state index >= 15 is 0 Å². The second-order valence-corrected chi connectivity index (χ2v) is 7.52. The zero-order valence-electron chi connectivity index (χ0n) is 19.2. The van der Waals surface area contributed by atoms with Gasteiger partial charge in [0.05, 0.1) is 12.8 Å². The molecule has 0 aliphatic carbocycles. The number of carbonyl (C=O) groups is 2. The molecule has 0 heterocycles. The van der Waals surface area contributed by atoms with E-state index in [9.17, 15) is 14.9 Å². The molecular weight excluding hydrogens is 430 g/mol. The number of nitrogens with one attached hydrogen (secondary N) is 2. The third-order valence-electron chi connectivity index (χ3n) is 4.95. The average molecular weight is 456 g/mol. The minimum atomic E-state index is -0.529. The number of anilines is 2. The van der Waals surface area contributed by atoms with Crippen molar-refractivity contribution in [3.05, 3.63) is 89.0 Å². The van der Waals surface area contributed by atoms with E-state index in [4.69, 9.17) is 9.47 Å². The van der Waals surface area contributed by atoms with Gasteiger partial charge in [0.2, 0.25) is 0 Å². The first kappa shape index (κ1) is 24.1. The molecule has 7 heteroatoms. The van der Waals surface area contributed by atoms with Crippen LogP contribution in [0.25, 0.3) is 6.08 Å². The van der Waals surface area contributed by atoms with Crippen LogP contribution in [0.3, 0.4) is 0 Å². The smallest absolute Gasteiger partial charge is 0.266 e. The molecule has 0 saturated carbocycles. The lowest BCUT2D eigenvalue weighted by Crippen LogP contribution is -2.20. The van der Waals surface area contributed by atoms with E-state index < -0.39 is 5.91 Å². The van der Waals surface area contributed by atoms with Crippen LogP contribution in [0.1, 0.15) is 16.7 Å². The van der Waals surface area contributed by atoms with Gasteiger partial charge in [0.15, 0.2) is 6.61 Å². The summed E-state index contributed by atoms with van der Waals surface area (Å²) in [7, 11) is 1.52. The van der Waals surface area contributed by atoms with Crippen molar-refractivity contribution in [3.63, 3.8) is 0 Å². The van der Waals surface area contributed by atoms with Crippen LogP contribution < -0.4 is 20.1 Å². The third kappa shape index (κ3) is 6.24. The van der Waals surface area contributed by atoms with Crippen LogP contribution in [0, 0.1) is 25.2 Å². The Bertz CT molecular complexity index is 1270. The van der Waals surface area contributed by atoms with Crippen molar-refractivity contribution in [3.8, 4) is 17.6 Å². The third-order valence-corrected chi connectivity index (χ3v) is 4.95. The zero-order chi connectivity index (χ0) is 24.5. The first-order chi connectivity index (χ1) is 16.4. The van der Waals surface area contributed by atoms with Crippen molar-refractivity contribution in [2.45, 2.75) is 13.8 Å². The Morgan fingerprint density at radius 1 is 0.941 bits per heavy atom. The predicted molar refractivity (Wildman–Crippen MR) is 132 cm³/mol. The molecule has 2 N–H and O–H groups in total. The minimum Gasteiger partial charge on any atom is -0.495 e. The van der Waals surface area contributed by atoms with E-state index in [1.807, 2.05) is 32.0 Å². The van der Waals surface area contributed by atoms with Gasteiger partial charge in [-0.1, -0.05) is 48.0 Å². The van der Waals surface area contributed by atoms with E-state index in [2.05, 4.69) is 10.6 Å². The molecule has 0 atom stereocenters. The van der Waals surface area contributed by atoms with Crippen LogP contribution in [0.5, 0.6) is 11.5 Å². The van der Waals surface area contributed by atoms with Crippen molar-refractivity contribution in [2.24, 2.45) is 0 Å². The number of rotatable bonds is 8. The van der Waals surface area contributed by atoms with Gasteiger partial charge in [-0.3, -0.25) is 9.59 Å². The maximum atomic E-state index is 12.7. The van der Waals surface area contributed by atoms with Gasteiger partial charge in [-0.15, -0.1) is 0 Å². The molecule has 0 aliphatic rings. The number of carbonyl (C=O) groups excluding carboxylic acids is 2. The number of para-hydroxylation sites is 3. The maximum absolute atomic E-state index is 12.7. The number of hydrogen-bond acceptors (Lipinski definition) is 5. The lowest BCUT2D eigenvalue weighted by Gasteiger charge is -2.12. The minimum absolute atomic E-state index is 0.0884. The fourth-order valence-corrected chi connectivity index (χ4v) is 3.26. The van der Waals surface area contributed by atoms with Crippen molar-refractivity contribution in [1.82, 2.24) is 0 Å². The molecular formula is C27H25N3O4. The molecule has 0 fully saturated rings. The molecule has 0 bridgehead atoms. The fourth-order valence-electron chi connectivity index (χ4n) is 3.26. The number of nitrogens with zero attached hydrogens (tertiary/aromatic N) is 1. The second kappa shape index (κ2) is 11.3. The highest BCUT2D eigenvalue weighted by Gasteiger charge is 2.13. The maximum Gasteiger partial charge on any atom is 0.266 e. The molecule has 3 aromatic carbocycles. The quantitative estimate of drug-likeness (QED) is 0.373. The highest BCUT2D eigenvalue weighted by Crippen LogP contribution is 2.24. The van der Waals surface area contributed by atoms with Crippen LogP contribution in [0.15, 0.2) is 72.3 Å². The normalized spacial score (nSPS) is 10.7. The van der Waals surface area contributed by atoms with Crippen LogP contribution >= 0.6 is 0 Å². The molecule has 0 radical (unpaired) electrons. The van der Waals surface area contributed by atoms with Crippen molar-refractivity contribution in [1.29, 1.82) is 5.26 Å². The lowest BCUT2D eigenvalue weighted by molar-refractivity contribution is -0.118. The molecule has 172 valence electrons. The summed E-state index contributed by atoms with van der Waals surface area (Å²) in [6.45, 7) is 3.59. The van der Waals surface area contributed by atoms with E-state index in [0.29, 0.717) is 28.4 Å². The Hall–Kier alpha value is -4.57. The number of methoxy groups -OCH3 is 1. The van der Waals surface area contributed by atoms with Crippen LogP contribution in [-0.2, 0) is 9.59 Å². The Kier molecular flexibility index (Phi) is 8.03. The van der Waals surface area contributed by atoms with Gasteiger partial charge in [0, 0.05) is 11.3 Å². The van der Waals surface area contributed by atoms with Gasteiger partial charge in [-0.25, -0.2) is 0 Å². The zero-order valence-corrected chi connectivity index (χ0v) is 19.2. The Morgan fingerprint density at radius 3 is 2.35 bits per heavy atom. The fraction of sp³-hybridized carbons (Fsp3) is 0.148. The lowest BCUT2D eigenvalue weighted by atomic mass is 10.1. The first-order valence-corrected chi connectivity index (χ1v) is 10.6. The van der Waals surface area contributed by atoms with E-state index in [1.165, 1.54) is 13.2 Å². The molecule has 0 unspecified atom stereocenters. The summed E-state index contributed by atoms with van der Waals surface area (Å²) in [5, 5.41) is 15.1. The molecule has 0 aliphatic heterocycles. The van der Waals surface area contributed by atoms with E-state index in [-0.39, 0.29) is 18.1 Å². The van der Waals surface area contributed by atoms with E-state index in [1.54, 1.807) is 54.6 Å². The Balaban J connectivity index is 1.72. The molecule has 34 heavy (non-hydrogen) atoms. The van der Waals surface area contributed by atoms with Crippen molar-refractivity contribution in [2.75, 3.05) is 24.4 Å². The van der Waals surface area contributed by atoms with Gasteiger partial charge in [0.1, 0.15) is 23.1 Å². The molecule has 2 amide bonds. The SMILES string of the molecule is COc1ccccc1NC(=O)COc1ccccc1/C=C(\C#N)C(=O)Nc1ccc(C)cc1C. The predicted octanol–water partition coefficient (Wildman–Crippen LogP) is 4.88. The number of hydrogen-bond donors (Lipinski definition) is 2. The van der Waals surface area contributed by atoms with Gasteiger partial charge < -0.3 is 20.1 Å². The summed E-state index contributed by atoms with van der Waals surface area (Å²) < 4.78 is 10.9. The monoisotopic (exact) mass is 455 g/mol. The molecule has 7 nitrogen and oxygen atoms in total. The van der Waals surface area contributed by atoms with Crippen molar-refractivity contribution >= 4 is 29.3 Å². The number of aryl methyl sites for hydroxylation is 2. The summed E-state index contributed by atoms with van der Waals surface area (Å²) in [6.07, 6.45) is 1.44. The van der Waals surface area contributed by atoms with Crippen LogP contribution in [0.4, 0.5) is 11.4 Å². The first-order valence-electron chi connectivity index (χ1n) is 10.6. The standard InChI is InChI=1S/C27H25N3O4/c1-18-12-13-22(19(2)14-18)30-27(32)21(16-28)15-20-8-4-6-10-24(20)34-17-26(31)29-23-9-5-7-11-25(23)33-3/h4-15H,17H2,1-3H3,(H,29,31)(H,30,32)/b21-15+. The molecule has 0 spiro atoms. The highest BCUT2D eigenvalue weighted by atomic mass is 16.5. The molecule has 0 aromatic heterocycles. The summed E-state index contributed by atoms with van der Waals surface area (Å²) in [6, 6.07) is 21.5. The van der Waals surface area contributed by atoms with Crippen LogP contribution in [-0.4, -0.2) is 25.5 Å². The highest BCUT2D eigenvalue weighted by molar-refractivity contribution is 6.10. The topological polar surface area (TPSA) is 100 Å². The summed E-state index contributed by atoms with van der Waals surface area (Å²) in [5.74, 6) is -0.00744. The summed E-state index contributed by atoms with van der Waals surface area (Å²) in [4.78, 5) is 25.1. The van der Waals surface area contributed by atoms with Crippen molar-refractivity contribution < 1.29 is 19.1 Å². The van der Waals surface area contributed by atoms with E-state index in [0.717, 1.165) is 11.1 Å². The van der Waals surface area contributed by atoms with Gasteiger partial charge in [0.25, 0.3) is 11.8 Å². The number of benzene rings is 3. The molecule has 3 aromatic rings. The van der Waals surface area contributed by atoms with Gasteiger partial charge >= 0.3 is 0 Å². The average Bonchev–Trinajstić information content (AvgIpc) is 2.83. The van der Waals surface area contributed by atoms with Gasteiger partial charge in [-0.05, 0) is 49.8 Å². The number of amides is 2. The Morgan fingerprint density at radius 2 is 1.65 bits per heavy atom. The molecule has 3 rings (SSSR count). The van der Waals surface area contributed by atoms with Crippen LogP contribution in [0.2, 0.25) is 0 Å². The second-order valence-electron chi connectivity index (χ2n) is 7.52. The summed E-state index contributed by atoms with van der Waals surface area (Å²) >= 11 is 0. The Labute approximate surface area is 198 Å². The molecule has 0 saturated heterocycles. The van der Waals surface area contributed by atoms with Gasteiger partial charge in [-0.2, -0.15) is 5.26 Å². The largest absolute Gasteiger partial charge is 0.495 e. The number of nitriles is 1. The summed E-state index contributed by atoms with van der Waals surface area (Å²) in [5.41, 5.74) is 3.55.